The van der Waals surface area contributed by atoms with Gasteiger partial charge in [-0.2, -0.15) is 0 Å². The zero-order valence-corrected chi connectivity index (χ0v) is 9.98. The highest BCUT2D eigenvalue weighted by Gasteiger charge is 2.19. The molecule has 0 N–H and O–H groups in total. The Morgan fingerprint density at radius 3 is 3.19 bits per heavy atom. The molecule has 0 saturated heterocycles. The average Bonchev–Trinajstić information content (AvgIpc) is 2.61. The molecule has 0 aliphatic heterocycles. The van der Waals surface area contributed by atoms with Crippen molar-refractivity contribution in [2.45, 2.75) is 52.0 Å². The van der Waals surface area contributed by atoms with Crippen LogP contribution in [-0.2, 0) is 17.8 Å². The van der Waals surface area contributed by atoms with E-state index in [0.717, 1.165) is 38.1 Å². The van der Waals surface area contributed by atoms with Crippen molar-refractivity contribution < 1.29 is 4.79 Å². The fraction of sp³-hybridized carbons (Fsp3) is 0.692. The first-order chi connectivity index (χ1) is 7.79. The lowest BCUT2D eigenvalue weighted by Gasteiger charge is -2.13. The minimum absolute atomic E-state index is 0.442. The molecule has 2 rings (SSSR count). The van der Waals surface area contributed by atoms with Crippen molar-refractivity contribution >= 4 is 5.78 Å². The molecule has 0 aromatic carbocycles. The van der Waals surface area contributed by atoms with Gasteiger partial charge in [0.15, 0.2) is 0 Å². The Morgan fingerprint density at radius 2 is 2.38 bits per heavy atom. The Morgan fingerprint density at radius 1 is 1.50 bits per heavy atom. The Balaban J connectivity index is 2.00. The Kier molecular flexibility index (Phi) is 3.75. The smallest absolute Gasteiger partial charge is 0.133 e. The summed E-state index contributed by atoms with van der Waals surface area (Å²) in [5.41, 5.74) is 0. The molecule has 0 amide bonds. The number of aromatic nitrogens is 2. The molecule has 0 spiro atoms. The highest BCUT2D eigenvalue weighted by molar-refractivity contribution is 5.78. The van der Waals surface area contributed by atoms with Gasteiger partial charge in [0.05, 0.1) is 0 Å². The van der Waals surface area contributed by atoms with Gasteiger partial charge in [-0.15, -0.1) is 0 Å². The molecule has 1 aliphatic carbocycles. The molecule has 1 fully saturated rings. The third-order valence-corrected chi connectivity index (χ3v) is 3.45. The lowest BCUT2D eigenvalue weighted by molar-refractivity contribution is -0.119. The number of carbonyl (C=O) groups is 1. The van der Waals surface area contributed by atoms with Crippen molar-refractivity contribution in [3.05, 3.63) is 18.2 Å². The molecule has 0 bridgehead atoms. The maximum absolute atomic E-state index is 11.5. The van der Waals surface area contributed by atoms with Gasteiger partial charge in [0, 0.05) is 38.2 Å². The van der Waals surface area contributed by atoms with Gasteiger partial charge < -0.3 is 4.57 Å². The number of Topliss-reactive ketones (excluding diaryl/α,β-unsaturated/α-hetero) is 1. The molecule has 1 aliphatic rings. The van der Waals surface area contributed by atoms with Gasteiger partial charge in [0.1, 0.15) is 11.6 Å². The summed E-state index contributed by atoms with van der Waals surface area (Å²) in [6.45, 7) is 3.10. The van der Waals surface area contributed by atoms with Crippen molar-refractivity contribution in [1.29, 1.82) is 0 Å². The van der Waals surface area contributed by atoms with E-state index in [1.165, 1.54) is 12.8 Å². The highest BCUT2D eigenvalue weighted by atomic mass is 16.1. The van der Waals surface area contributed by atoms with Crippen molar-refractivity contribution in [2.24, 2.45) is 5.92 Å². The molecule has 88 valence electrons. The van der Waals surface area contributed by atoms with E-state index < -0.39 is 0 Å². The van der Waals surface area contributed by atoms with Crippen LogP contribution in [0.4, 0.5) is 0 Å². The molecule has 3 heteroatoms. The van der Waals surface area contributed by atoms with Crippen LogP contribution >= 0.6 is 0 Å². The van der Waals surface area contributed by atoms with Gasteiger partial charge in [0.25, 0.3) is 0 Å². The predicted molar refractivity (Wildman–Crippen MR) is 63.2 cm³/mol. The van der Waals surface area contributed by atoms with E-state index in [2.05, 4.69) is 16.5 Å². The van der Waals surface area contributed by atoms with E-state index >= 15 is 0 Å². The number of imidazole rings is 1. The first-order valence-electron chi connectivity index (χ1n) is 6.31. The maximum Gasteiger partial charge on any atom is 0.133 e. The number of hydrogen-bond acceptors (Lipinski definition) is 2. The van der Waals surface area contributed by atoms with E-state index in [1.54, 1.807) is 0 Å². The standard InChI is InChI=1S/C13H20N2O/c1-2-15-8-7-14-13(15)10-11-5-3-4-6-12(16)9-11/h7-8,11H,2-6,9-10H2,1H3. The summed E-state index contributed by atoms with van der Waals surface area (Å²) >= 11 is 0. The summed E-state index contributed by atoms with van der Waals surface area (Å²) in [5, 5.41) is 0. The third-order valence-electron chi connectivity index (χ3n) is 3.45. The summed E-state index contributed by atoms with van der Waals surface area (Å²) < 4.78 is 2.18. The fourth-order valence-electron chi connectivity index (χ4n) is 2.53. The highest BCUT2D eigenvalue weighted by Crippen LogP contribution is 2.23. The summed E-state index contributed by atoms with van der Waals surface area (Å²) in [6, 6.07) is 0. The molecular weight excluding hydrogens is 200 g/mol. The molecule has 1 atom stereocenters. The lowest BCUT2D eigenvalue weighted by atomic mass is 9.96. The van der Waals surface area contributed by atoms with Crippen molar-refractivity contribution in [2.75, 3.05) is 0 Å². The average molecular weight is 220 g/mol. The van der Waals surface area contributed by atoms with Gasteiger partial charge in [0.2, 0.25) is 0 Å². The number of nitrogens with zero attached hydrogens (tertiary/aromatic N) is 2. The summed E-state index contributed by atoms with van der Waals surface area (Å²) in [5.74, 6) is 2.10. The van der Waals surface area contributed by atoms with E-state index in [-0.39, 0.29) is 0 Å². The molecular formula is C13H20N2O. The molecule has 1 unspecified atom stereocenters. The van der Waals surface area contributed by atoms with Crippen LogP contribution in [0.1, 0.15) is 44.9 Å². The fourth-order valence-corrected chi connectivity index (χ4v) is 2.53. The van der Waals surface area contributed by atoms with Gasteiger partial charge in [-0.1, -0.05) is 6.42 Å². The molecule has 16 heavy (non-hydrogen) atoms. The second kappa shape index (κ2) is 5.28. The molecule has 1 saturated carbocycles. The van der Waals surface area contributed by atoms with Crippen LogP contribution < -0.4 is 0 Å². The molecule has 1 heterocycles. The van der Waals surface area contributed by atoms with Crippen LogP contribution in [0.2, 0.25) is 0 Å². The topological polar surface area (TPSA) is 34.9 Å². The monoisotopic (exact) mass is 220 g/mol. The Hall–Kier alpha value is -1.12. The van der Waals surface area contributed by atoms with E-state index in [1.807, 2.05) is 12.4 Å². The summed E-state index contributed by atoms with van der Waals surface area (Å²) in [6.07, 6.45) is 9.86. The van der Waals surface area contributed by atoms with Crippen LogP contribution in [-0.4, -0.2) is 15.3 Å². The van der Waals surface area contributed by atoms with Gasteiger partial charge in [-0.3, -0.25) is 4.79 Å². The van der Waals surface area contributed by atoms with Crippen molar-refractivity contribution in [1.82, 2.24) is 9.55 Å². The van der Waals surface area contributed by atoms with Gasteiger partial charge in [-0.05, 0) is 25.7 Å². The first-order valence-corrected chi connectivity index (χ1v) is 6.31. The molecule has 1 aromatic heterocycles. The quantitative estimate of drug-likeness (QED) is 0.734. The normalized spacial score (nSPS) is 22.1. The zero-order chi connectivity index (χ0) is 11.4. The van der Waals surface area contributed by atoms with Gasteiger partial charge >= 0.3 is 0 Å². The van der Waals surface area contributed by atoms with E-state index in [4.69, 9.17) is 0 Å². The molecule has 0 radical (unpaired) electrons. The van der Waals surface area contributed by atoms with E-state index in [9.17, 15) is 4.79 Å². The van der Waals surface area contributed by atoms with Crippen LogP contribution in [0, 0.1) is 5.92 Å². The SMILES string of the molecule is CCn1ccnc1CC1CCCCC(=O)C1. The minimum Gasteiger partial charge on any atom is -0.335 e. The predicted octanol–water partition coefficient (Wildman–Crippen LogP) is 2.59. The Labute approximate surface area is 96.9 Å². The number of rotatable bonds is 3. The summed E-state index contributed by atoms with van der Waals surface area (Å²) in [7, 11) is 0. The number of aryl methyl sites for hydroxylation is 1. The van der Waals surface area contributed by atoms with Crippen LogP contribution in [0.25, 0.3) is 0 Å². The first kappa shape index (κ1) is 11.4. The van der Waals surface area contributed by atoms with Crippen LogP contribution in [0.5, 0.6) is 0 Å². The second-order valence-electron chi connectivity index (χ2n) is 4.69. The maximum atomic E-state index is 11.5. The zero-order valence-electron chi connectivity index (χ0n) is 9.98. The van der Waals surface area contributed by atoms with Crippen molar-refractivity contribution in [3.63, 3.8) is 0 Å². The lowest BCUT2D eigenvalue weighted by Crippen LogP contribution is -2.12. The van der Waals surface area contributed by atoms with E-state index in [0.29, 0.717) is 11.7 Å². The third kappa shape index (κ3) is 2.71. The molecule has 3 nitrogen and oxygen atoms in total. The Bertz CT molecular complexity index is 357. The van der Waals surface area contributed by atoms with Crippen LogP contribution in [0.3, 0.4) is 0 Å². The van der Waals surface area contributed by atoms with Gasteiger partial charge in [-0.25, -0.2) is 4.98 Å². The van der Waals surface area contributed by atoms with Crippen molar-refractivity contribution in [3.8, 4) is 0 Å². The second-order valence-corrected chi connectivity index (χ2v) is 4.69. The summed E-state index contributed by atoms with van der Waals surface area (Å²) in [4.78, 5) is 15.9. The molecule has 1 aromatic rings. The largest absolute Gasteiger partial charge is 0.335 e. The minimum atomic E-state index is 0.442. The number of carbonyl (C=O) groups excluding carboxylic acids is 1. The number of hydrogen-bond donors (Lipinski definition) is 0. The number of ketones is 1. The van der Waals surface area contributed by atoms with Crippen LogP contribution in [0.15, 0.2) is 12.4 Å².